The SMILES string of the molecule is O=C(NCc1ccccc1)C1CCC(C(=O)N2CCc3ccccc3C2)CC1. The average Bonchev–Trinajstić information content (AvgIpc) is 2.77. The predicted molar refractivity (Wildman–Crippen MR) is 109 cm³/mol. The third-order valence-corrected chi connectivity index (χ3v) is 6.20. The van der Waals surface area contributed by atoms with Crippen LogP contribution in [-0.2, 0) is 29.1 Å². The van der Waals surface area contributed by atoms with Crippen molar-refractivity contribution in [2.24, 2.45) is 11.8 Å². The zero-order valence-corrected chi connectivity index (χ0v) is 16.3. The van der Waals surface area contributed by atoms with Gasteiger partial charge >= 0.3 is 0 Å². The van der Waals surface area contributed by atoms with Crippen LogP contribution in [0.3, 0.4) is 0 Å². The van der Waals surface area contributed by atoms with Crippen LogP contribution < -0.4 is 5.32 Å². The molecule has 2 amide bonds. The summed E-state index contributed by atoms with van der Waals surface area (Å²) in [5.41, 5.74) is 3.76. The van der Waals surface area contributed by atoms with E-state index in [1.54, 1.807) is 0 Å². The molecule has 1 fully saturated rings. The monoisotopic (exact) mass is 376 g/mol. The van der Waals surface area contributed by atoms with E-state index in [1.165, 1.54) is 11.1 Å². The van der Waals surface area contributed by atoms with E-state index in [0.717, 1.165) is 50.8 Å². The van der Waals surface area contributed by atoms with E-state index in [1.807, 2.05) is 41.3 Å². The summed E-state index contributed by atoms with van der Waals surface area (Å²) >= 11 is 0. The van der Waals surface area contributed by atoms with E-state index in [9.17, 15) is 9.59 Å². The first-order valence-corrected chi connectivity index (χ1v) is 10.4. The number of hydrogen-bond acceptors (Lipinski definition) is 2. The summed E-state index contributed by atoms with van der Waals surface area (Å²) in [6.45, 7) is 2.12. The van der Waals surface area contributed by atoms with Gasteiger partial charge in [0.15, 0.2) is 0 Å². The van der Waals surface area contributed by atoms with Crippen molar-refractivity contribution in [2.75, 3.05) is 6.54 Å². The van der Waals surface area contributed by atoms with Gasteiger partial charge in [0, 0.05) is 31.5 Å². The topological polar surface area (TPSA) is 49.4 Å². The minimum atomic E-state index is 0.0369. The molecule has 0 aromatic heterocycles. The van der Waals surface area contributed by atoms with E-state index >= 15 is 0 Å². The molecule has 4 rings (SSSR count). The Morgan fingerprint density at radius 2 is 1.50 bits per heavy atom. The van der Waals surface area contributed by atoms with Gasteiger partial charge in [-0.15, -0.1) is 0 Å². The molecule has 0 bridgehead atoms. The van der Waals surface area contributed by atoms with Crippen LogP contribution in [0.2, 0.25) is 0 Å². The molecule has 1 aliphatic heterocycles. The lowest BCUT2D eigenvalue weighted by Gasteiger charge is -2.34. The van der Waals surface area contributed by atoms with Crippen molar-refractivity contribution in [3.8, 4) is 0 Å². The van der Waals surface area contributed by atoms with E-state index in [4.69, 9.17) is 0 Å². The fraction of sp³-hybridized carbons (Fsp3) is 0.417. The Hall–Kier alpha value is -2.62. The lowest BCUT2D eigenvalue weighted by molar-refractivity contribution is -0.139. The van der Waals surface area contributed by atoms with E-state index < -0.39 is 0 Å². The summed E-state index contributed by atoms with van der Waals surface area (Å²) in [7, 11) is 0. The predicted octanol–water partition coefficient (Wildman–Crippen LogP) is 3.69. The number of nitrogens with zero attached hydrogens (tertiary/aromatic N) is 1. The standard InChI is InChI=1S/C24H28N2O2/c27-23(25-16-18-6-2-1-3-7-18)20-10-12-21(13-11-20)24(28)26-15-14-19-8-4-5-9-22(19)17-26/h1-9,20-21H,10-17H2,(H,25,27). The minimum absolute atomic E-state index is 0.0369. The molecule has 1 saturated carbocycles. The highest BCUT2D eigenvalue weighted by Crippen LogP contribution is 2.31. The van der Waals surface area contributed by atoms with E-state index in [-0.39, 0.29) is 23.7 Å². The van der Waals surface area contributed by atoms with Crippen LogP contribution in [-0.4, -0.2) is 23.3 Å². The average molecular weight is 377 g/mol. The fourth-order valence-electron chi connectivity index (χ4n) is 4.47. The van der Waals surface area contributed by atoms with E-state index in [2.05, 4.69) is 23.5 Å². The molecular weight excluding hydrogens is 348 g/mol. The van der Waals surface area contributed by atoms with Gasteiger partial charge in [-0.05, 0) is 48.8 Å². The molecule has 4 nitrogen and oxygen atoms in total. The number of rotatable bonds is 4. The smallest absolute Gasteiger partial charge is 0.225 e. The number of benzene rings is 2. The van der Waals surface area contributed by atoms with Crippen molar-refractivity contribution >= 4 is 11.8 Å². The highest BCUT2D eigenvalue weighted by molar-refractivity contribution is 5.81. The highest BCUT2D eigenvalue weighted by atomic mass is 16.2. The molecule has 0 spiro atoms. The zero-order chi connectivity index (χ0) is 19.3. The lowest BCUT2D eigenvalue weighted by atomic mass is 9.80. The Morgan fingerprint density at radius 3 is 2.25 bits per heavy atom. The van der Waals surface area contributed by atoms with Crippen LogP contribution >= 0.6 is 0 Å². The molecule has 0 saturated heterocycles. The second kappa shape index (κ2) is 8.59. The summed E-state index contributed by atoms with van der Waals surface area (Å²) in [6.07, 6.45) is 4.20. The molecular formula is C24H28N2O2. The van der Waals surface area contributed by atoms with Gasteiger partial charge in [0.05, 0.1) is 0 Å². The molecule has 0 unspecified atom stereocenters. The normalized spacial score (nSPS) is 21.6. The van der Waals surface area contributed by atoms with E-state index in [0.29, 0.717) is 6.54 Å². The first-order valence-electron chi connectivity index (χ1n) is 10.4. The van der Waals surface area contributed by atoms with Crippen molar-refractivity contribution in [3.63, 3.8) is 0 Å². The highest BCUT2D eigenvalue weighted by Gasteiger charge is 2.33. The first kappa shape index (κ1) is 18.7. The van der Waals surface area contributed by atoms with Crippen LogP contribution in [0.15, 0.2) is 54.6 Å². The zero-order valence-electron chi connectivity index (χ0n) is 16.3. The maximum Gasteiger partial charge on any atom is 0.225 e. The van der Waals surface area contributed by atoms with Gasteiger partial charge in [-0.3, -0.25) is 9.59 Å². The number of amides is 2. The van der Waals surface area contributed by atoms with Crippen molar-refractivity contribution < 1.29 is 9.59 Å². The first-order chi connectivity index (χ1) is 13.7. The van der Waals surface area contributed by atoms with Gasteiger partial charge in [0.2, 0.25) is 11.8 Å². The molecule has 2 aliphatic rings. The van der Waals surface area contributed by atoms with Crippen LogP contribution in [0.1, 0.15) is 42.4 Å². The Morgan fingerprint density at radius 1 is 0.857 bits per heavy atom. The molecule has 2 aromatic rings. The second-order valence-electron chi connectivity index (χ2n) is 8.03. The van der Waals surface area contributed by atoms with Gasteiger partial charge in [-0.2, -0.15) is 0 Å². The lowest BCUT2D eigenvalue weighted by Crippen LogP contribution is -2.42. The molecule has 1 aliphatic carbocycles. The van der Waals surface area contributed by atoms with Crippen LogP contribution in [0.5, 0.6) is 0 Å². The van der Waals surface area contributed by atoms with Gasteiger partial charge < -0.3 is 10.2 Å². The Bertz CT molecular complexity index is 826. The van der Waals surface area contributed by atoms with Crippen LogP contribution in [0.25, 0.3) is 0 Å². The van der Waals surface area contributed by atoms with Crippen molar-refractivity contribution in [1.29, 1.82) is 0 Å². The molecule has 1 N–H and O–H groups in total. The Labute approximate surface area is 166 Å². The number of nitrogens with one attached hydrogen (secondary N) is 1. The third kappa shape index (κ3) is 4.27. The molecule has 2 aromatic carbocycles. The number of carbonyl (C=O) groups is 2. The Kier molecular flexibility index (Phi) is 5.75. The van der Waals surface area contributed by atoms with Gasteiger partial charge in [0.25, 0.3) is 0 Å². The third-order valence-electron chi connectivity index (χ3n) is 6.20. The largest absolute Gasteiger partial charge is 0.352 e. The maximum absolute atomic E-state index is 13.0. The maximum atomic E-state index is 13.0. The van der Waals surface area contributed by atoms with Gasteiger partial charge in [-0.1, -0.05) is 54.6 Å². The van der Waals surface area contributed by atoms with Gasteiger partial charge in [0.1, 0.15) is 0 Å². The molecule has 0 radical (unpaired) electrons. The summed E-state index contributed by atoms with van der Waals surface area (Å²) in [5, 5.41) is 3.05. The molecule has 28 heavy (non-hydrogen) atoms. The summed E-state index contributed by atoms with van der Waals surface area (Å²) in [6, 6.07) is 18.4. The number of carbonyl (C=O) groups excluding carboxylic acids is 2. The molecule has 1 heterocycles. The number of fused-ring (bicyclic) bond motifs is 1. The summed E-state index contributed by atoms with van der Waals surface area (Å²) in [4.78, 5) is 27.5. The molecule has 0 atom stereocenters. The van der Waals surface area contributed by atoms with Crippen molar-refractivity contribution in [1.82, 2.24) is 10.2 Å². The quantitative estimate of drug-likeness (QED) is 0.885. The minimum Gasteiger partial charge on any atom is -0.352 e. The Balaban J connectivity index is 1.26. The summed E-state index contributed by atoms with van der Waals surface area (Å²) in [5.74, 6) is 0.512. The molecule has 4 heteroatoms. The van der Waals surface area contributed by atoms with Crippen molar-refractivity contribution in [2.45, 2.75) is 45.2 Å². The van der Waals surface area contributed by atoms with Crippen molar-refractivity contribution in [3.05, 3.63) is 71.3 Å². The second-order valence-corrected chi connectivity index (χ2v) is 8.03. The molecule has 146 valence electrons. The van der Waals surface area contributed by atoms with Gasteiger partial charge in [-0.25, -0.2) is 0 Å². The summed E-state index contributed by atoms with van der Waals surface area (Å²) < 4.78 is 0. The number of hydrogen-bond donors (Lipinski definition) is 1. The fourth-order valence-corrected chi connectivity index (χ4v) is 4.47. The van der Waals surface area contributed by atoms with Crippen LogP contribution in [0.4, 0.5) is 0 Å². The van der Waals surface area contributed by atoms with Crippen LogP contribution in [0, 0.1) is 11.8 Å².